The summed E-state index contributed by atoms with van der Waals surface area (Å²) in [5.74, 6) is -0.542. The van der Waals surface area contributed by atoms with Gasteiger partial charge in [-0.3, -0.25) is 4.79 Å². The van der Waals surface area contributed by atoms with Gasteiger partial charge in [0.1, 0.15) is 0 Å². The van der Waals surface area contributed by atoms with Crippen LogP contribution in [0.1, 0.15) is 31.2 Å². The molecule has 1 N–H and O–H groups in total. The molecule has 1 aliphatic carbocycles. The molecule has 1 aliphatic rings. The first-order valence-corrected chi connectivity index (χ1v) is 10.4. The summed E-state index contributed by atoms with van der Waals surface area (Å²) in [6.07, 6.45) is 5.64. The predicted molar refractivity (Wildman–Crippen MR) is 115 cm³/mol. The Balaban J connectivity index is 1.73. The van der Waals surface area contributed by atoms with Crippen LogP contribution in [0.3, 0.4) is 0 Å². The standard InChI is InChI=1S/C21H23Cl3N2O/c22-21(23,24)20(27)26(15-14-16-6-2-1-3-7-16)19-12-10-18(11-13-19)25-17-8-4-5-9-17/h1-3,6-7,10-13,17,25H,4-5,8-9,14-15H2. The van der Waals surface area contributed by atoms with Gasteiger partial charge in [0.25, 0.3) is 9.70 Å². The molecule has 144 valence electrons. The maximum absolute atomic E-state index is 12.7. The van der Waals surface area contributed by atoms with Gasteiger partial charge < -0.3 is 10.2 Å². The number of amides is 1. The Labute approximate surface area is 175 Å². The highest BCUT2D eigenvalue weighted by Gasteiger charge is 2.35. The maximum atomic E-state index is 12.7. The number of rotatable bonds is 6. The van der Waals surface area contributed by atoms with E-state index >= 15 is 0 Å². The van der Waals surface area contributed by atoms with E-state index in [4.69, 9.17) is 34.8 Å². The Morgan fingerprint density at radius 1 is 1.00 bits per heavy atom. The summed E-state index contributed by atoms with van der Waals surface area (Å²) in [5, 5.41) is 3.54. The molecule has 1 fully saturated rings. The molecule has 3 rings (SSSR count). The zero-order valence-corrected chi connectivity index (χ0v) is 17.3. The van der Waals surface area contributed by atoms with Crippen LogP contribution < -0.4 is 10.2 Å². The van der Waals surface area contributed by atoms with Gasteiger partial charge in [0.05, 0.1) is 0 Å². The number of carbonyl (C=O) groups excluding carboxylic acids is 1. The molecule has 0 spiro atoms. The third-order valence-corrected chi connectivity index (χ3v) is 5.34. The molecular formula is C21H23Cl3N2O. The fourth-order valence-corrected chi connectivity index (χ4v) is 3.74. The van der Waals surface area contributed by atoms with Crippen LogP contribution in [-0.2, 0) is 11.2 Å². The smallest absolute Gasteiger partial charge is 0.279 e. The highest BCUT2D eigenvalue weighted by molar-refractivity contribution is 6.77. The van der Waals surface area contributed by atoms with Crippen LogP contribution in [0.5, 0.6) is 0 Å². The van der Waals surface area contributed by atoms with Crippen LogP contribution in [0.15, 0.2) is 54.6 Å². The first-order chi connectivity index (χ1) is 12.9. The number of hydrogen-bond donors (Lipinski definition) is 1. The Kier molecular flexibility index (Phi) is 6.91. The number of nitrogens with one attached hydrogen (secondary N) is 1. The van der Waals surface area contributed by atoms with Crippen molar-refractivity contribution in [2.75, 3.05) is 16.8 Å². The lowest BCUT2D eigenvalue weighted by Gasteiger charge is -2.26. The number of alkyl halides is 3. The van der Waals surface area contributed by atoms with Crippen LogP contribution in [0.25, 0.3) is 0 Å². The van der Waals surface area contributed by atoms with Crippen molar-refractivity contribution >= 4 is 52.1 Å². The molecule has 0 atom stereocenters. The molecular weight excluding hydrogens is 403 g/mol. The van der Waals surface area contributed by atoms with E-state index in [9.17, 15) is 4.79 Å². The zero-order chi connectivity index (χ0) is 19.3. The van der Waals surface area contributed by atoms with Gasteiger partial charge in [-0.15, -0.1) is 0 Å². The minimum absolute atomic E-state index is 0.437. The van der Waals surface area contributed by atoms with Crippen LogP contribution in [0, 0.1) is 0 Å². The second-order valence-corrected chi connectivity index (χ2v) is 9.14. The molecule has 0 heterocycles. The van der Waals surface area contributed by atoms with E-state index in [2.05, 4.69) is 5.32 Å². The lowest BCUT2D eigenvalue weighted by molar-refractivity contribution is -0.117. The van der Waals surface area contributed by atoms with E-state index < -0.39 is 9.70 Å². The van der Waals surface area contributed by atoms with Gasteiger partial charge in [0, 0.05) is 24.0 Å². The van der Waals surface area contributed by atoms with Crippen molar-refractivity contribution in [3.05, 3.63) is 60.2 Å². The molecule has 2 aromatic carbocycles. The van der Waals surface area contributed by atoms with Crippen molar-refractivity contribution in [3.8, 4) is 0 Å². The zero-order valence-electron chi connectivity index (χ0n) is 15.0. The Hall–Kier alpha value is -1.42. The van der Waals surface area contributed by atoms with E-state index in [1.54, 1.807) is 4.90 Å². The monoisotopic (exact) mass is 424 g/mol. The number of nitrogens with zero attached hydrogens (tertiary/aromatic N) is 1. The SMILES string of the molecule is O=C(N(CCc1ccccc1)c1ccc(NC2CCCC2)cc1)C(Cl)(Cl)Cl. The maximum Gasteiger partial charge on any atom is 0.279 e. The number of halogens is 3. The molecule has 0 bridgehead atoms. The summed E-state index contributed by atoms with van der Waals surface area (Å²) in [5.41, 5.74) is 2.90. The third kappa shape index (κ3) is 5.78. The minimum Gasteiger partial charge on any atom is -0.382 e. The molecule has 0 aromatic heterocycles. The first kappa shape index (κ1) is 20.3. The number of carbonyl (C=O) groups is 1. The summed E-state index contributed by atoms with van der Waals surface area (Å²) < 4.78 is -1.99. The molecule has 6 heteroatoms. The lowest BCUT2D eigenvalue weighted by Crippen LogP contribution is -2.40. The summed E-state index contributed by atoms with van der Waals surface area (Å²) in [7, 11) is 0. The van der Waals surface area contributed by atoms with Crippen molar-refractivity contribution < 1.29 is 4.79 Å². The summed E-state index contributed by atoms with van der Waals surface area (Å²) in [6, 6.07) is 18.2. The van der Waals surface area contributed by atoms with Crippen molar-refractivity contribution in [2.45, 2.75) is 41.9 Å². The Morgan fingerprint density at radius 2 is 1.63 bits per heavy atom. The van der Waals surface area contributed by atoms with Gasteiger partial charge in [-0.1, -0.05) is 78.0 Å². The fraction of sp³-hybridized carbons (Fsp3) is 0.381. The highest BCUT2D eigenvalue weighted by Crippen LogP contribution is 2.32. The Morgan fingerprint density at radius 3 is 2.22 bits per heavy atom. The lowest BCUT2D eigenvalue weighted by atomic mass is 10.1. The summed E-state index contributed by atoms with van der Waals surface area (Å²) in [4.78, 5) is 14.2. The van der Waals surface area contributed by atoms with Gasteiger partial charge in [-0.2, -0.15) is 0 Å². The topological polar surface area (TPSA) is 32.3 Å². The molecule has 1 saturated carbocycles. The first-order valence-electron chi connectivity index (χ1n) is 9.23. The van der Waals surface area contributed by atoms with Crippen LogP contribution in [0.4, 0.5) is 11.4 Å². The van der Waals surface area contributed by atoms with Crippen molar-refractivity contribution in [1.82, 2.24) is 0 Å². The number of benzene rings is 2. The van der Waals surface area contributed by atoms with E-state index in [1.165, 1.54) is 25.7 Å². The third-order valence-electron chi connectivity index (χ3n) is 4.86. The largest absolute Gasteiger partial charge is 0.382 e. The highest BCUT2D eigenvalue weighted by atomic mass is 35.6. The predicted octanol–water partition coefficient (Wildman–Crippen LogP) is 5.99. The van der Waals surface area contributed by atoms with Crippen LogP contribution >= 0.6 is 34.8 Å². The van der Waals surface area contributed by atoms with Crippen LogP contribution in [-0.4, -0.2) is 22.3 Å². The average molecular weight is 426 g/mol. The van der Waals surface area contributed by atoms with Crippen molar-refractivity contribution in [3.63, 3.8) is 0 Å². The number of hydrogen-bond acceptors (Lipinski definition) is 2. The number of anilines is 2. The molecule has 27 heavy (non-hydrogen) atoms. The minimum atomic E-state index is -1.99. The van der Waals surface area contributed by atoms with Gasteiger partial charge in [-0.25, -0.2) is 0 Å². The van der Waals surface area contributed by atoms with Gasteiger partial charge in [0.2, 0.25) is 0 Å². The molecule has 0 radical (unpaired) electrons. The van der Waals surface area contributed by atoms with Crippen molar-refractivity contribution in [1.29, 1.82) is 0 Å². The molecule has 0 aliphatic heterocycles. The van der Waals surface area contributed by atoms with E-state index in [0.29, 0.717) is 19.0 Å². The van der Waals surface area contributed by atoms with Crippen LogP contribution in [0.2, 0.25) is 0 Å². The normalized spacial score (nSPS) is 14.9. The van der Waals surface area contributed by atoms with Gasteiger partial charge in [-0.05, 0) is 49.1 Å². The molecule has 0 unspecified atom stereocenters. The summed E-state index contributed by atoms with van der Waals surface area (Å²) >= 11 is 17.6. The summed E-state index contributed by atoms with van der Waals surface area (Å²) in [6.45, 7) is 0.437. The molecule has 0 saturated heterocycles. The van der Waals surface area contributed by atoms with Gasteiger partial charge in [0.15, 0.2) is 0 Å². The second-order valence-electron chi connectivity index (χ2n) is 6.86. The average Bonchev–Trinajstić information content (AvgIpc) is 3.16. The molecule has 1 amide bonds. The van der Waals surface area contributed by atoms with E-state index in [1.807, 2.05) is 54.6 Å². The van der Waals surface area contributed by atoms with E-state index in [0.717, 1.165) is 16.9 Å². The second kappa shape index (κ2) is 9.18. The fourth-order valence-electron chi connectivity index (χ4n) is 3.43. The molecule has 2 aromatic rings. The van der Waals surface area contributed by atoms with E-state index in [-0.39, 0.29) is 0 Å². The molecule has 3 nitrogen and oxygen atoms in total. The Bertz CT molecular complexity index is 738. The quantitative estimate of drug-likeness (QED) is 0.577. The van der Waals surface area contributed by atoms with Gasteiger partial charge >= 0.3 is 0 Å². The van der Waals surface area contributed by atoms with Crippen molar-refractivity contribution in [2.24, 2.45) is 0 Å².